The van der Waals surface area contributed by atoms with E-state index < -0.39 is 0 Å². The summed E-state index contributed by atoms with van der Waals surface area (Å²) < 4.78 is 5.30. The summed E-state index contributed by atoms with van der Waals surface area (Å²) >= 11 is 1.59. The Morgan fingerprint density at radius 1 is 1.06 bits per heavy atom. The zero-order valence-corrected chi connectivity index (χ0v) is 19.2. The Morgan fingerprint density at radius 2 is 1.88 bits per heavy atom. The molecule has 2 heterocycles. The minimum Gasteiger partial charge on any atom is -0.352 e. The third-order valence-electron chi connectivity index (χ3n) is 4.65. The van der Waals surface area contributed by atoms with Crippen molar-refractivity contribution in [3.8, 4) is 10.7 Å². The summed E-state index contributed by atoms with van der Waals surface area (Å²) in [5.41, 5.74) is 1.54. The highest BCUT2D eigenvalue weighted by molar-refractivity contribution is 7.13. The summed E-state index contributed by atoms with van der Waals surface area (Å²) in [4.78, 5) is 29.3. The number of thiophene rings is 1. The van der Waals surface area contributed by atoms with Gasteiger partial charge in [-0.25, -0.2) is 4.79 Å². The first-order valence-corrected chi connectivity index (χ1v) is 11.7. The fraction of sp³-hybridized carbons (Fsp3) is 0.391. The first-order valence-electron chi connectivity index (χ1n) is 10.8. The Hall–Kier alpha value is -3.20. The lowest BCUT2D eigenvalue weighted by molar-refractivity contribution is 0.0953. The maximum absolute atomic E-state index is 12.3. The summed E-state index contributed by atoms with van der Waals surface area (Å²) in [5.74, 6) is 1.19. The highest BCUT2D eigenvalue weighted by Gasteiger charge is 2.09. The van der Waals surface area contributed by atoms with Crippen LogP contribution in [0.15, 0.2) is 46.3 Å². The number of urea groups is 1. The Labute approximate surface area is 191 Å². The molecule has 170 valence electrons. The second-order valence-corrected chi connectivity index (χ2v) is 8.68. The quantitative estimate of drug-likeness (QED) is 0.376. The molecule has 0 aliphatic carbocycles. The smallest absolute Gasteiger partial charge is 0.315 e. The second-order valence-electron chi connectivity index (χ2n) is 7.73. The monoisotopic (exact) mass is 455 g/mol. The number of rotatable bonds is 11. The maximum atomic E-state index is 12.3. The van der Waals surface area contributed by atoms with E-state index in [0.717, 1.165) is 36.1 Å². The van der Waals surface area contributed by atoms with Gasteiger partial charge >= 0.3 is 6.03 Å². The summed E-state index contributed by atoms with van der Waals surface area (Å²) in [6, 6.07) is 11.1. The molecule has 3 aromatic rings. The topological polar surface area (TPSA) is 109 Å². The largest absolute Gasteiger partial charge is 0.352 e. The van der Waals surface area contributed by atoms with Crippen molar-refractivity contribution in [3.63, 3.8) is 0 Å². The summed E-state index contributed by atoms with van der Waals surface area (Å²) in [5, 5.41) is 14.5. The normalized spacial score (nSPS) is 10.8. The SMILES string of the molecule is CC(C)NC(=O)NCc1ccc(C(=O)NCCCCCc2nc(-c3cccs3)no2)cc1. The van der Waals surface area contributed by atoms with Gasteiger partial charge in [0.2, 0.25) is 11.7 Å². The number of nitrogens with one attached hydrogen (secondary N) is 3. The zero-order chi connectivity index (χ0) is 22.8. The van der Waals surface area contributed by atoms with Gasteiger partial charge in [-0.1, -0.05) is 29.8 Å². The molecule has 0 atom stereocenters. The average Bonchev–Trinajstić information content (AvgIpc) is 3.46. The number of carbonyl (C=O) groups is 2. The Kier molecular flexibility index (Phi) is 8.79. The van der Waals surface area contributed by atoms with Crippen molar-refractivity contribution < 1.29 is 14.1 Å². The minimum absolute atomic E-state index is 0.0872. The molecule has 8 nitrogen and oxygen atoms in total. The number of benzene rings is 1. The highest BCUT2D eigenvalue weighted by Crippen LogP contribution is 2.21. The van der Waals surface area contributed by atoms with Gasteiger partial charge in [0.15, 0.2) is 0 Å². The van der Waals surface area contributed by atoms with Crippen LogP contribution >= 0.6 is 11.3 Å². The van der Waals surface area contributed by atoms with E-state index in [1.54, 1.807) is 23.5 Å². The summed E-state index contributed by atoms with van der Waals surface area (Å²) in [6.45, 7) is 4.84. The Bertz CT molecular complexity index is 983. The van der Waals surface area contributed by atoms with Gasteiger partial charge in [-0.3, -0.25) is 4.79 Å². The third kappa shape index (κ3) is 7.49. The molecule has 0 aliphatic heterocycles. The molecule has 9 heteroatoms. The average molecular weight is 456 g/mol. The Balaban J connectivity index is 1.30. The van der Waals surface area contributed by atoms with Gasteiger partial charge in [-0.2, -0.15) is 4.98 Å². The molecule has 0 saturated heterocycles. The van der Waals surface area contributed by atoms with Gasteiger partial charge in [0, 0.05) is 31.1 Å². The molecule has 1 aromatic carbocycles. The number of aryl methyl sites for hydroxylation is 1. The van der Waals surface area contributed by atoms with Crippen LogP contribution in [0.2, 0.25) is 0 Å². The van der Waals surface area contributed by atoms with Gasteiger partial charge in [0.05, 0.1) is 4.88 Å². The van der Waals surface area contributed by atoms with Crippen LogP contribution in [0.3, 0.4) is 0 Å². The molecule has 2 aromatic heterocycles. The predicted octanol–water partition coefficient (Wildman–Crippen LogP) is 4.15. The first kappa shape index (κ1) is 23.5. The van der Waals surface area contributed by atoms with Crippen LogP contribution in [-0.4, -0.2) is 34.7 Å². The fourth-order valence-corrected chi connectivity index (χ4v) is 3.66. The lowest BCUT2D eigenvalue weighted by atomic mass is 10.1. The van der Waals surface area contributed by atoms with Crippen molar-refractivity contribution in [2.75, 3.05) is 6.54 Å². The molecule has 0 aliphatic rings. The van der Waals surface area contributed by atoms with Gasteiger partial charge in [-0.05, 0) is 55.8 Å². The zero-order valence-electron chi connectivity index (χ0n) is 18.4. The van der Waals surface area contributed by atoms with Crippen LogP contribution in [0.5, 0.6) is 0 Å². The van der Waals surface area contributed by atoms with Crippen LogP contribution in [0.4, 0.5) is 4.79 Å². The molecule has 32 heavy (non-hydrogen) atoms. The van der Waals surface area contributed by atoms with E-state index in [4.69, 9.17) is 4.52 Å². The van der Waals surface area contributed by atoms with Crippen molar-refractivity contribution in [3.05, 3.63) is 58.8 Å². The molecule has 0 unspecified atom stereocenters. The number of nitrogens with zero attached hydrogens (tertiary/aromatic N) is 2. The van der Waals surface area contributed by atoms with Gasteiger partial charge < -0.3 is 20.5 Å². The first-order chi connectivity index (χ1) is 15.5. The lowest BCUT2D eigenvalue weighted by Gasteiger charge is -2.10. The number of unbranched alkanes of at least 4 members (excludes halogenated alkanes) is 2. The van der Waals surface area contributed by atoms with Crippen molar-refractivity contribution in [1.82, 2.24) is 26.1 Å². The second kappa shape index (κ2) is 12.0. The predicted molar refractivity (Wildman–Crippen MR) is 124 cm³/mol. The molecule has 3 amide bonds. The molecule has 3 rings (SSSR count). The van der Waals surface area contributed by atoms with Crippen molar-refractivity contribution in [2.45, 2.75) is 52.1 Å². The number of amides is 3. The lowest BCUT2D eigenvalue weighted by Crippen LogP contribution is -2.39. The van der Waals surface area contributed by atoms with Crippen LogP contribution in [0.1, 0.15) is 54.9 Å². The summed E-state index contributed by atoms with van der Waals surface area (Å²) in [7, 11) is 0. The van der Waals surface area contributed by atoms with E-state index in [1.165, 1.54) is 0 Å². The maximum Gasteiger partial charge on any atom is 0.315 e. The van der Waals surface area contributed by atoms with E-state index in [-0.39, 0.29) is 18.0 Å². The van der Waals surface area contributed by atoms with Crippen LogP contribution in [0, 0.1) is 0 Å². The number of hydrogen-bond donors (Lipinski definition) is 3. The van der Waals surface area contributed by atoms with E-state index in [9.17, 15) is 9.59 Å². The molecular weight excluding hydrogens is 426 g/mol. The van der Waals surface area contributed by atoms with Crippen LogP contribution in [0.25, 0.3) is 10.7 Å². The minimum atomic E-state index is -0.205. The number of hydrogen-bond acceptors (Lipinski definition) is 6. The van der Waals surface area contributed by atoms with Gasteiger partial charge in [0.1, 0.15) is 0 Å². The molecule has 0 radical (unpaired) electrons. The molecule has 0 fully saturated rings. The number of aromatic nitrogens is 2. The van der Waals surface area contributed by atoms with Crippen molar-refractivity contribution >= 4 is 23.3 Å². The van der Waals surface area contributed by atoms with Gasteiger partial charge in [-0.15, -0.1) is 11.3 Å². The van der Waals surface area contributed by atoms with E-state index in [1.807, 2.05) is 43.5 Å². The van der Waals surface area contributed by atoms with Gasteiger partial charge in [0.25, 0.3) is 5.91 Å². The van der Waals surface area contributed by atoms with E-state index >= 15 is 0 Å². The molecule has 0 saturated carbocycles. The van der Waals surface area contributed by atoms with Crippen LogP contribution in [-0.2, 0) is 13.0 Å². The molecule has 0 spiro atoms. The van der Waals surface area contributed by atoms with E-state index in [0.29, 0.717) is 30.4 Å². The molecular formula is C23H29N5O3S. The fourth-order valence-electron chi connectivity index (χ4n) is 3.01. The van der Waals surface area contributed by atoms with Crippen molar-refractivity contribution in [2.24, 2.45) is 0 Å². The third-order valence-corrected chi connectivity index (χ3v) is 5.52. The van der Waals surface area contributed by atoms with E-state index in [2.05, 4.69) is 26.1 Å². The molecule has 3 N–H and O–H groups in total. The summed E-state index contributed by atoms with van der Waals surface area (Å²) in [6.07, 6.45) is 3.50. The molecule has 0 bridgehead atoms. The van der Waals surface area contributed by atoms with Crippen molar-refractivity contribution in [1.29, 1.82) is 0 Å². The van der Waals surface area contributed by atoms with Crippen LogP contribution < -0.4 is 16.0 Å². The Morgan fingerprint density at radius 3 is 2.59 bits per heavy atom. The highest BCUT2D eigenvalue weighted by atomic mass is 32.1. The number of carbonyl (C=O) groups excluding carboxylic acids is 2. The standard InChI is InChI=1S/C23H29N5O3S/c1-16(2)26-23(30)25-15-17-9-11-18(12-10-17)22(29)24-13-5-3-4-8-20-27-21(28-31-20)19-7-6-14-32-19/h6-7,9-12,14,16H,3-5,8,13,15H2,1-2H3,(H,24,29)(H2,25,26,30).